The molecule has 0 aromatic carbocycles. The summed E-state index contributed by atoms with van der Waals surface area (Å²) in [7, 11) is -3.68. The normalized spacial score (nSPS) is 20.0. The molecule has 0 aliphatic carbocycles. The highest BCUT2D eigenvalue weighted by molar-refractivity contribution is 7.92. The molecule has 2 unspecified atom stereocenters. The minimum absolute atomic E-state index is 0.0183. The average Bonchev–Trinajstić information content (AvgIpc) is 3.05. The van der Waals surface area contributed by atoms with Crippen molar-refractivity contribution in [1.82, 2.24) is 9.88 Å². The molecule has 1 aliphatic heterocycles. The Kier molecular flexibility index (Phi) is 6.93. The van der Waals surface area contributed by atoms with E-state index in [9.17, 15) is 18.0 Å². The summed E-state index contributed by atoms with van der Waals surface area (Å²) in [4.78, 5) is 31.1. The number of amides is 1. The highest BCUT2D eigenvalue weighted by Crippen LogP contribution is 2.41. The predicted molar refractivity (Wildman–Crippen MR) is 107 cm³/mol. The highest BCUT2D eigenvalue weighted by Gasteiger charge is 2.47. The molecule has 1 fully saturated rings. The van der Waals surface area contributed by atoms with Crippen LogP contribution in [0.25, 0.3) is 0 Å². The van der Waals surface area contributed by atoms with Crippen LogP contribution in [0.4, 0.5) is 4.79 Å². The predicted octanol–water partition coefficient (Wildman–Crippen LogP) is 3.12. The van der Waals surface area contributed by atoms with E-state index in [2.05, 4.69) is 4.98 Å². The fourth-order valence-corrected chi connectivity index (χ4v) is 4.51. The minimum Gasteiger partial charge on any atom is -0.466 e. The second kappa shape index (κ2) is 8.69. The standard InChI is InChI=1S/C20H30N2O6S/c1-7-27-18(23)14-10-12-22(19(24)28-20(4,5)6)17(14)16-15(9-8-11-21-16)29(25,26)13(2)3/h8-9,11,13-14,17H,7,10,12H2,1-6H3. The summed E-state index contributed by atoms with van der Waals surface area (Å²) in [6.45, 7) is 10.5. The van der Waals surface area contributed by atoms with Crippen molar-refractivity contribution in [2.24, 2.45) is 5.92 Å². The van der Waals surface area contributed by atoms with E-state index >= 15 is 0 Å². The summed E-state index contributed by atoms with van der Waals surface area (Å²) in [6, 6.07) is 2.12. The third-order valence-electron chi connectivity index (χ3n) is 4.62. The lowest BCUT2D eigenvalue weighted by atomic mass is 9.97. The van der Waals surface area contributed by atoms with E-state index < -0.39 is 44.7 Å². The molecule has 1 amide bonds. The number of hydrogen-bond acceptors (Lipinski definition) is 7. The molecule has 1 aromatic heterocycles. The van der Waals surface area contributed by atoms with Crippen molar-refractivity contribution in [3.8, 4) is 0 Å². The number of carbonyl (C=O) groups excluding carboxylic acids is 2. The van der Waals surface area contributed by atoms with Crippen molar-refractivity contribution in [2.75, 3.05) is 13.2 Å². The van der Waals surface area contributed by atoms with Gasteiger partial charge in [0.1, 0.15) is 5.60 Å². The van der Waals surface area contributed by atoms with E-state index in [1.807, 2.05) is 0 Å². The van der Waals surface area contributed by atoms with Gasteiger partial charge in [-0.2, -0.15) is 0 Å². The first-order valence-corrected chi connectivity index (χ1v) is 11.3. The molecule has 162 valence electrons. The summed E-state index contributed by atoms with van der Waals surface area (Å²) >= 11 is 0. The van der Waals surface area contributed by atoms with Crippen molar-refractivity contribution in [1.29, 1.82) is 0 Å². The summed E-state index contributed by atoms with van der Waals surface area (Å²) in [5.41, 5.74) is -0.566. The Labute approximate surface area is 172 Å². The van der Waals surface area contributed by atoms with Crippen LogP contribution in [0.1, 0.15) is 59.7 Å². The number of hydrogen-bond donors (Lipinski definition) is 0. The fourth-order valence-electron chi connectivity index (χ4n) is 3.27. The quantitative estimate of drug-likeness (QED) is 0.666. The Bertz CT molecular complexity index is 860. The first kappa shape index (κ1) is 23.1. The first-order valence-electron chi connectivity index (χ1n) is 9.75. The van der Waals surface area contributed by atoms with Crippen molar-refractivity contribution in [3.63, 3.8) is 0 Å². The number of sulfone groups is 1. The molecular weight excluding hydrogens is 396 g/mol. The third kappa shape index (κ3) is 5.07. The summed E-state index contributed by atoms with van der Waals surface area (Å²) in [5.74, 6) is -1.21. The molecule has 8 nitrogen and oxygen atoms in total. The molecule has 9 heteroatoms. The van der Waals surface area contributed by atoms with Gasteiger partial charge in [0.05, 0.1) is 34.4 Å². The largest absolute Gasteiger partial charge is 0.466 e. The van der Waals surface area contributed by atoms with Crippen molar-refractivity contribution < 1.29 is 27.5 Å². The van der Waals surface area contributed by atoms with Crippen LogP contribution in [-0.4, -0.2) is 54.4 Å². The Morgan fingerprint density at radius 1 is 1.31 bits per heavy atom. The van der Waals surface area contributed by atoms with Gasteiger partial charge in [0, 0.05) is 12.7 Å². The lowest BCUT2D eigenvalue weighted by Gasteiger charge is -2.30. The van der Waals surface area contributed by atoms with Crippen LogP contribution < -0.4 is 0 Å². The van der Waals surface area contributed by atoms with Gasteiger partial charge in [-0.1, -0.05) is 0 Å². The molecule has 2 heterocycles. The number of pyridine rings is 1. The van der Waals surface area contributed by atoms with Crippen LogP contribution >= 0.6 is 0 Å². The van der Waals surface area contributed by atoms with Crippen LogP contribution in [0, 0.1) is 5.92 Å². The highest BCUT2D eigenvalue weighted by atomic mass is 32.2. The number of carbonyl (C=O) groups is 2. The van der Waals surface area contributed by atoms with Gasteiger partial charge in [0.25, 0.3) is 0 Å². The molecule has 0 bridgehead atoms. The van der Waals surface area contributed by atoms with Gasteiger partial charge in [-0.3, -0.25) is 14.7 Å². The number of aromatic nitrogens is 1. The van der Waals surface area contributed by atoms with Crippen molar-refractivity contribution >= 4 is 21.9 Å². The van der Waals surface area contributed by atoms with Gasteiger partial charge in [-0.15, -0.1) is 0 Å². The fraction of sp³-hybridized carbons (Fsp3) is 0.650. The number of rotatable bonds is 5. The minimum atomic E-state index is -3.68. The number of esters is 1. The van der Waals surface area contributed by atoms with Gasteiger partial charge in [-0.25, -0.2) is 13.2 Å². The molecule has 0 spiro atoms. The van der Waals surface area contributed by atoms with Crippen molar-refractivity contribution in [2.45, 2.75) is 69.8 Å². The molecule has 0 N–H and O–H groups in total. The van der Waals surface area contributed by atoms with Crippen LogP contribution in [0.3, 0.4) is 0 Å². The summed E-state index contributed by atoms with van der Waals surface area (Å²) in [5, 5.41) is -0.678. The van der Waals surface area contributed by atoms with Crippen LogP contribution in [0.2, 0.25) is 0 Å². The lowest BCUT2D eigenvalue weighted by molar-refractivity contribution is -0.148. The van der Waals surface area contributed by atoms with Crippen LogP contribution in [0.5, 0.6) is 0 Å². The monoisotopic (exact) mass is 426 g/mol. The van der Waals surface area contributed by atoms with Gasteiger partial charge in [0.15, 0.2) is 9.84 Å². The van der Waals surface area contributed by atoms with Gasteiger partial charge >= 0.3 is 12.1 Å². The average molecular weight is 427 g/mol. The molecule has 2 rings (SSSR count). The Balaban J connectivity index is 2.58. The first-order chi connectivity index (χ1) is 13.4. The Hall–Kier alpha value is -2.16. The van der Waals surface area contributed by atoms with E-state index in [4.69, 9.17) is 9.47 Å². The molecule has 1 aliphatic rings. The Morgan fingerprint density at radius 3 is 2.52 bits per heavy atom. The number of ether oxygens (including phenoxy) is 2. The SMILES string of the molecule is CCOC(=O)C1CCN(C(=O)OC(C)(C)C)C1c1ncccc1S(=O)(=O)C(C)C. The lowest BCUT2D eigenvalue weighted by Crippen LogP contribution is -2.39. The molecule has 1 saturated heterocycles. The summed E-state index contributed by atoms with van der Waals surface area (Å²) < 4.78 is 36.5. The van der Waals surface area contributed by atoms with E-state index in [0.29, 0.717) is 6.42 Å². The molecule has 0 saturated carbocycles. The summed E-state index contributed by atoms with van der Waals surface area (Å²) in [6.07, 6.45) is 1.18. The van der Waals surface area contributed by atoms with E-state index in [0.717, 1.165) is 0 Å². The van der Waals surface area contributed by atoms with Gasteiger partial charge in [-0.05, 0) is 60.1 Å². The van der Waals surface area contributed by atoms with E-state index in [1.54, 1.807) is 41.5 Å². The van der Waals surface area contributed by atoms with Crippen LogP contribution in [0.15, 0.2) is 23.2 Å². The molecule has 1 aromatic rings. The maximum Gasteiger partial charge on any atom is 0.410 e. The van der Waals surface area contributed by atoms with Crippen molar-refractivity contribution in [3.05, 3.63) is 24.0 Å². The molecule has 0 radical (unpaired) electrons. The third-order valence-corrected chi connectivity index (χ3v) is 6.82. The second-order valence-electron chi connectivity index (χ2n) is 8.25. The maximum atomic E-state index is 12.9. The zero-order chi connectivity index (χ0) is 22.0. The van der Waals surface area contributed by atoms with Gasteiger partial charge in [0.2, 0.25) is 0 Å². The van der Waals surface area contributed by atoms with E-state index in [-0.39, 0.29) is 23.7 Å². The molecule has 29 heavy (non-hydrogen) atoms. The maximum absolute atomic E-state index is 12.9. The molecular formula is C20H30N2O6S. The topological polar surface area (TPSA) is 103 Å². The molecule has 2 atom stereocenters. The van der Waals surface area contributed by atoms with Gasteiger partial charge < -0.3 is 9.47 Å². The number of nitrogens with zero attached hydrogens (tertiary/aromatic N) is 2. The smallest absolute Gasteiger partial charge is 0.410 e. The van der Waals surface area contributed by atoms with E-state index in [1.165, 1.54) is 23.2 Å². The second-order valence-corrected chi connectivity index (χ2v) is 10.7. The zero-order valence-corrected chi connectivity index (χ0v) is 18.7. The Morgan fingerprint density at radius 2 is 1.97 bits per heavy atom. The zero-order valence-electron chi connectivity index (χ0n) is 17.8. The van der Waals surface area contributed by atoms with Crippen LogP contribution in [-0.2, 0) is 24.1 Å². The number of likely N-dealkylation sites (tertiary alicyclic amines) is 1.